The Morgan fingerprint density at radius 1 is 1.19 bits per heavy atom. The van der Waals surface area contributed by atoms with Gasteiger partial charge >= 0.3 is 6.61 Å². The molecule has 0 saturated carbocycles. The van der Waals surface area contributed by atoms with E-state index in [0.717, 1.165) is 11.1 Å². The van der Waals surface area contributed by atoms with E-state index in [1.165, 1.54) is 11.0 Å². The Morgan fingerprint density at radius 2 is 1.89 bits per heavy atom. The molecule has 0 spiro atoms. The van der Waals surface area contributed by atoms with Crippen LogP contribution in [0.15, 0.2) is 36.4 Å². The molecule has 0 saturated heterocycles. The molecule has 148 valence electrons. The minimum Gasteiger partial charge on any atom is -0.490 e. The van der Waals surface area contributed by atoms with Gasteiger partial charge in [0.15, 0.2) is 11.5 Å². The minimum absolute atomic E-state index is 0. The summed E-state index contributed by atoms with van der Waals surface area (Å²) in [6, 6.07) is 9.80. The van der Waals surface area contributed by atoms with Crippen LogP contribution in [0, 0.1) is 6.92 Å². The van der Waals surface area contributed by atoms with Gasteiger partial charge in [0.25, 0.3) is 5.91 Å². The van der Waals surface area contributed by atoms with Gasteiger partial charge in [0.1, 0.15) is 0 Å². The van der Waals surface area contributed by atoms with Crippen LogP contribution in [0.2, 0.25) is 0 Å². The van der Waals surface area contributed by atoms with E-state index in [0.29, 0.717) is 17.9 Å². The zero-order chi connectivity index (χ0) is 19.3. The van der Waals surface area contributed by atoms with Crippen molar-refractivity contribution in [2.45, 2.75) is 27.0 Å². The molecule has 0 aliphatic heterocycles. The largest absolute Gasteiger partial charge is 0.490 e. The number of amides is 1. The van der Waals surface area contributed by atoms with Crippen molar-refractivity contribution < 1.29 is 23.0 Å². The van der Waals surface area contributed by atoms with E-state index < -0.39 is 6.61 Å². The molecule has 0 atom stereocenters. The molecule has 5 nitrogen and oxygen atoms in total. The second-order valence-electron chi connectivity index (χ2n) is 5.83. The molecular formula is C19H23ClF2N2O3. The van der Waals surface area contributed by atoms with E-state index in [9.17, 15) is 13.6 Å². The lowest BCUT2D eigenvalue weighted by molar-refractivity contribution is -0.0514. The molecule has 0 unspecified atom stereocenters. The maximum absolute atomic E-state index is 12.7. The summed E-state index contributed by atoms with van der Waals surface area (Å²) in [5.74, 6) is -0.00166. The van der Waals surface area contributed by atoms with E-state index in [-0.39, 0.29) is 36.4 Å². The Morgan fingerprint density at radius 3 is 2.52 bits per heavy atom. The van der Waals surface area contributed by atoms with Gasteiger partial charge in [-0.3, -0.25) is 4.79 Å². The summed E-state index contributed by atoms with van der Waals surface area (Å²) in [4.78, 5) is 14.2. The first-order valence-corrected chi connectivity index (χ1v) is 8.14. The minimum atomic E-state index is -2.93. The highest BCUT2D eigenvalue weighted by Gasteiger charge is 2.17. The highest BCUT2D eigenvalue weighted by molar-refractivity contribution is 5.96. The first kappa shape index (κ1) is 22.5. The first-order valence-electron chi connectivity index (χ1n) is 8.14. The van der Waals surface area contributed by atoms with Crippen molar-refractivity contribution in [2.75, 3.05) is 19.4 Å². The van der Waals surface area contributed by atoms with Crippen molar-refractivity contribution in [2.24, 2.45) is 0 Å². The second kappa shape index (κ2) is 9.97. The van der Waals surface area contributed by atoms with Gasteiger partial charge in [-0.05, 0) is 49.2 Å². The molecule has 0 aromatic heterocycles. The van der Waals surface area contributed by atoms with Gasteiger partial charge in [0, 0.05) is 24.8 Å². The topological polar surface area (TPSA) is 64.8 Å². The van der Waals surface area contributed by atoms with Crippen LogP contribution in [0.25, 0.3) is 0 Å². The zero-order valence-corrected chi connectivity index (χ0v) is 16.2. The van der Waals surface area contributed by atoms with Gasteiger partial charge in [-0.1, -0.05) is 12.1 Å². The molecule has 8 heteroatoms. The molecule has 1 amide bonds. The lowest BCUT2D eigenvalue weighted by Crippen LogP contribution is -2.27. The van der Waals surface area contributed by atoms with Crippen molar-refractivity contribution >= 4 is 24.0 Å². The SMILES string of the molecule is CCOc1cc(CN(C)C(=O)c2cc(N)ccc2C)ccc1OC(F)F.Cl. The number of hydrogen-bond donors (Lipinski definition) is 1. The van der Waals surface area contributed by atoms with Crippen LogP contribution in [0.1, 0.15) is 28.4 Å². The van der Waals surface area contributed by atoms with Crippen LogP contribution in [0.3, 0.4) is 0 Å². The number of anilines is 1. The van der Waals surface area contributed by atoms with Crippen LogP contribution in [0.5, 0.6) is 11.5 Å². The van der Waals surface area contributed by atoms with Gasteiger partial charge in [-0.2, -0.15) is 8.78 Å². The number of nitrogens with zero attached hydrogens (tertiary/aromatic N) is 1. The van der Waals surface area contributed by atoms with Gasteiger partial charge < -0.3 is 20.1 Å². The van der Waals surface area contributed by atoms with Crippen molar-refractivity contribution in [3.8, 4) is 11.5 Å². The molecule has 0 radical (unpaired) electrons. The number of nitrogen functional groups attached to an aromatic ring is 1. The van der Waals surface area contributed by atoms with E-state index in [2.05, 4.69) is 4.74 Å². The van der Waals surface area contributed by atoms with Crippen molar-refractivity contribution in [3.05, 3.63) is 53.1 Å². The van der Waals surface area contributed by atoms with Crippen LogP contribution >= 0.6 is 12.4 Å². The lowest BCUT2D eigenvalue weighted by atomic mass is 10.1. The molecule has 2 aromatic rings. The maximum atomic E-state index is 12.7. The number of alkyl halides is 2. The normalized spacial score (nSPS) is 10.3. The van der Waals surface area contributed by atoms with Crippen molar-refractivity contribution in [1.29, 1.82) is 0 Å². The number of aryl methyl sites for hydroxylation is 1. The van der Waals surface area contributed by atoms with Crippen LogP contribution in [0.4, 0.5) is 14.5 Å². The summed E-state index contributed by atoms with van der Waals surface area (Å²) in [5.41, 5.74) is 8.36. The first-order chi connectivity index (χ1) is 12.3. The standard InChI is InChI=1S/C19H22F2N2O3.ClH/c1-4-25-17-9-13(6-8-16(17)26-19(20)21)11-23(3)18(24)15-10-14(22)7-5-12(15)2;/h5-10,19H,4,11,22H2,1-3H3;1H. The average Bonchev–Trinajstić information content (AvgIpc) is 2.58. The predicted molar refractivity (Wildman–Crippen MR) is 103 cm³/mol. The Bertz CT molecular complexity index is 788. The Balaban J connectivity index is 0.00000364. The summed E-state index contributed by atoms with van der Waals surface area (Å²) in [6.07, 6.45) is 0. The van der Waals surface area contributed by atoms with E-state index >= 15 is 0 Å². The smallest absolute Gasteiger partial charge is 0.387 e. The fourth-order valence-electron chi connectivity index (χ4n) is 2.53. The summed E-state index contributed by atoms with van der Waals surface area (Å²) in [6.45, 7) is 1.24. The van der Waals surface area contributed by atoms with Gasteiger partial charge in [0.2, 0.25) is 0 Å². The molecule has 0 heterocycles. The third-order valence-corrected chi connectivity index (χ3v) is 3.78. The molecule has 0 aliphatic carbocycles. The summed E-state index contributed by atoms with van der Waals surface area (Å²) in [5, 5.41) is 0. The number of halogens is 3. The molecular weight excluding hydrogens is 378 g/mol. The lowest BCUT2D eigenvalue weighted by Gasteiger charge is -2.20. The zero-order valence-electron chi connectivity index (χ0n) is 15.4. The number of carbonyl (C=O) groups excluding carboxylic acids is 1. The molecule has 0 aliphatic rings. The van der Waals surface area contributed by atoms with Crippen LogP contribution in [-0.4, -0.2) is 31.1 Å². The number of hydrogen-bond acceptors (Lipinski definition) is 4. The van der Waals surface area contributed by atoms with Crippen molar-refractivity contribution in [3.63, 3.8) is 0 Å². The Labute approximate surface area is 163 Å². The highest BCUT2D eigenvalue weighted by atomic mass is 35.5. The van der Waals surface area contributed by atoms with Gasteiger partial charge in [0.05, 0.1) is 6.61 Å². The fourth-order valence-corrected chi connectivity index (χ4v) is 2.53. The monoisotopic (exact) mass is 400 g/mol. The average molecular weight is 401 g/mol. The third-order valence-electron chi connectivity index (χ3n) is 3.78. The van der Waals surface area contributed by atoms with E-state index in [1.54, 1.807) is 44.3 Å². The van der Waals surface area contributed by atoms with Crippen LogP contribution < -0.4 is 15.2 Å². The predicted octanol–water partition coefficient (Wildman–Crippen LogP) is 4.27. The highest BCUT2D eigenvalue weighted by Crippen LogP contribution is 2.30. The molecule has 0 bridgehead atoms. The molecule has 2 aromatic carbocycles. The van der Waals surface area contributed by atoms with E-state index in [1.807, 2.05) is 6.92 Å². The summed E-state index contributed by atoms with van der Waals surface area (Å²) in [7, 11) is 1.66. The number of carbonyl (C=O) groups is 1. The molecule has 27 heavy (non-hydrogen) atoms. The van der Waals surface area contributed by atoms with Crippen molar-refractivity contribution in [1.82, 2.24) is 4.90 Å². The van der Waals surface area contributed by atoms with E-state index in [4.69, 9.17) is 10.5 Å². The number of rotatable bonds is 7. The Kier molecular flexibility index (Phi) is 8.31. The summed E-state index contributed by atoms with van der Waals surface area (Å²) >= 11 is 0. The molecule has 2 rings (SSSR count). The number of ether oxygens (including phenoxy) is 2. The number of nitrogens with two attached hydrogens (primary N) is 1. The second-order valence-corrected chi connectivity index (χ2v) is 5.83. The third kappa shape index (κ3) is 5.99. The molecule has 0 fully saturated rings. The Hall–Kier alpha value is -2.54. The van der Waals surface area contributed by atoms with Gasteiger partial charge in [-0.15, -0.1) is 12.4 Å². The van der Waals surface area contributed by atoms with Crippen LogP contribution in [-0.2, 0) is 6.54 Å². The maximum Gasteiger partial charge on any atom is 0.387 e. The quantitative estimate of drug-likeness (QED) is 0.705. The molecule has 2 N–H and O–H groups in total. The summed E-state index contributed by atoms with van der Waals surface area (Å²) < 4.78 is 34.8. The van der Waals surface area contributed by atoms with Gasteiger partial charge in [-0.25, -0.2) is 0 Å². The number of benzene rings is 2. The fraction of sp³-hybridized carbons (Fsp3) is 0.316.